The van der Waals surface area contributed by atoms with Crippen molar-refractivity contribution in [2.45, 2.75) is 128 Å². The second-order valence-corrected chi connectivity index (χ2v) is 8.40. The van der Waals surface area contributed by atoms with E-state index < -0.39 is 5.97 Å². The Balaban J connectivity index is 3.16. The lowest BCUT2D eigenvalue weighted by atomic mass is 10.1. The molecule has 0 aromatic rings. The van der Waals surface area contributed by atoms with Crippen LogP contribution in [-0.2, 0) is 9.59 Å². The van der Waals surface area contributed by atoms with E-state index in [0.717, 1.165) is 51.6 Å². The zero-order chi connectivity index (χ0) is 21.4. The summed E-state index contributed by atoms with van der Waals surface area (Å²) >= 11 is 0. The standard InChI is InChI=1S/C24H48N2O3/c25-21-17-13-9-5-1-3-7-11-15-19-23(27)26-22-18-14-10-6-2-4-8-12-16-20-24(28)29/h1-22,25H2,(H,26,27)(H,28,29). The van der Waals surface area contributed by atoms with E-state index in [0.29, 0.717) is 12.8 Å². The molecule has 0 rings (SSSR count). The summed E-state index contributed by atoms with van der Waals surface area (Å²) in [5.74, 6) is -0.467. The molecule has 0 heterocycles. The summed E-state index contributed by atoms with van der Waals surface area (Å²) in [6.07, 6.45) is 22.3. The van der Waals surface area contributed by atoms with Crippen LogP contribution < -0.4 is 11.1 Å². The Hall–Kier alpha value is -1.10. The predicted octanol–water partition coefficient (Wildman–Crippen LogP) is 5.95. The summed E-state index contributed by atoms with van der Waals surface area (Å²) in [5.41, 5.74) is 5.49. The van der Waals surface area contributed by atoms with Crippen LogP contribution in [0.25, 0.3) is 0 Å². The number of nitrogens with two attached hydrogens (primary N) is 1. The van der Waals surface area contributed by atoms with E-state index in [2.05, 4.69) is 5.32 Å². The first-order valence-electron chi connectivity index (χ1n) is 12.4. The van der Waals surface area contributed by atoms with Gasteiger partial charge < -0.3 is 16.2 Å². The second kappa shape index (κ2) is 23.2. The van der Waals surface area contributed by atoms with Gasteiger partial charge in [0.05, 0.1) is 0 Å². The first-order chi connectivity index (χ1) is 14.2. The number of carbonyl (C=O) groups is 2. The van der Waals surface area contributed by atoms with Gasteiger partial charge in [0.1, 0.15) is 0 Å². The minimum atomic E-state index is -0.683. The average molecular weight is 413 g/mol. The molecule has 0 fully saturated rings. The topological polar surface area (TPSA) is 92.4 Å². The van der Waals surface area contributed by atoms with E-state index in [4.69, 9.17) is 10.8 Å². The van der Waals surface area contributed by atoms with Gasteiger partial charge in [-0.1, -0.05) is 89.9 Å². The van der Waals surface area contributed by atoms with E-state index in [1.54, 1.807) is 0 Å². The van der Waals surface area contributed by atoms with Gasteiger partial charge in [0, 0.05) is 19.4 Å². The molecule has 0 aromatic heterocycles. The van der Waals surface area contributed by atoms with Crippen molar-refractivity contribution in [3.05, 3.63) is 0 Å². The molecule has 29 heavy (non-hydrogen) atoms. The van der Waals surface area contributed by atoms with Crippen LogP contribution in [0, 0.1) is 0 Å². The van der Waals surface area contributed by atoms with E-state index in [1.807, 2.05) is 0 Å². The van der Waals surface area contributed by atoms with Gasteiger partial charge in [-0.25, -0.2) is 0 Å². The maximum Gasteiger partial charge on any atom is 0.303 e. The summed E-state index contributed by atoms with van der Waals surface area (Å²) in [5, 5.41) is 11.6. The first-order valence-corrected chi connectivity index (χ1v) is 12.4. The quantitative estimate of drug-likeness (QED) is 0.181. The third-order valence-corrected chi connectivity index (χ3v) is 5.50. The number of hydrogen-bond donors (Lipinski definition) is 3. The Morgan fingerprint density at radius 1 is 0.552 bits per heavy atom. The molecule has 0 bridgehead atoms. The fourth-order valence-electron chi connectivity index (χ4n) is 3.62. The first kappa shape index (κ1) is 27.9. The third-order valence-electron chi connectivity index (χ3n) is 5.50. The summed E-state index contributed by atoms with van der Waals surface area (Å²) < 4.78 is 0. The lowest BCUT2D eigenvalue weighted by Crippen LogP contribution is -2.23. The second-order valence-electron chi connectivity index (χ2n) is 8.40. The van der Waals surface area contributed by atoms with E-state index in [1.165, 1.54) is 77.0 Å². The molecule has 0 aromatic carbocycles. The molecule has 172 valence electrons. The molecule has 5 nitrogen and oxygen atoms in total. The van der Waals surface area contributed by atoms with Gasteiger partial charge in [0.25, 0.3) is 0 Å². The minimum Gasteiger partial charge on any atom is -0.481 e. The van der Waals surface area contributed by atoms with Crippen molar-refractivity contribution < 1.29 is 14.7 Å². The number of rotatable bonds is 23. The highest BCUT2D eigenvalue weighted by Gasteiger charge is 2.01. The number of nitrogens with one attached hydrogen (secondary N) is 1. The summed E-state index contributed by atoms with van der Waals surface area (Å²) in [7, 11) is 0. The third kappa shape index (κ3) is 24.9. The molecule has 0 aliphatic heterocycles. The number of carboxylic acid groups (broad SMARTS) is 1. The van der Waals surface area contributed by atoms with Crippen LogP contribution in [0.1, 0.15) is 128 Å². The SMILES string of the molecule is NCCCCCCCCCCCC(=O)NCCCCCCCCCCCC(=O)O. The maximum atomic E-state index is 11.8. The number of amides is 1. The molecule has 0 saturated carbocycles. The van der Waals surface area contributed by atoms with Crippen LogP contribution in [-0.4, -0.2) is 30.1 Å². The highest BCUT2D eigenvalue weighted by atomic mass is 16.4. The van der Waals surface area contributed by atoms with Gasteiger partial charge >= 0.3 is 5.97 Å². The van der Waals surface area contributed by atoms with E-state index in [-0.39, 0.29) is 5.91 Å². The van der Waals surface area contributed by atoms with Crippen LogP contribution >= 0.6 is 0 Å². The smallest absolute Gasteiger partial charge is 0.303 e. The zero-order valence-electron chi connectivity index (χ0n) is 18.9. The highest BCUT2D eigenvalue weighted by Crippen LogP contribution is 2.11. The van der Waals surface area contributed by atoms with Gasteiger partial charge in [-0.15, -0.1) is 0 Å². The van der Waals surface area contributed by atoms with Crippen molar-refractivity contribution >= 4 is 11.9 Å². The van der Waals surface area contributed by atoms with Crippen molar-refractivity contribution in [1.29, 1.82) is 0 Å². The zero-order valence-corrected chi connectivity index (χ0v) is 18.9. The normalized spacial score (nSPS) is 10.9. The molecule has 1 amide bonds. The van der Waals surface area contributed by atoms with Crippen LogP contribution in [0.15, 0.2) is 0 Å². The Labute approximate surface area is 179 Å². The number of hydrogen-bond acceptors (Lipinski definition) is 3. The molecule has 5 heteroatoms. The molecular weight excluding hydrogens is 364 g/mol. The molecule has 0 radical (unpaired) electrons. The van der Waals surface area contributed by atoms with Crippen LogP contribution in [0.5, 0.6) is 0 Å². The monoisotopic (exact) mass is 412 g/mol. The molecular formula is C24H48N2O3. The number of carboxylic acids is 1. The number of aliphatic carboxylic acids is 1. The molecule has 0 unspecified atom stereocenters. The van der Waals surface area contributed by atoms with Crippen molar-refractivity contribution in [3.8, 4) is 0 Å². The predicted molar refractivity (Wildman–Crippen MR) is 122 cm³/mol. The molecule has 0 atom stereocenters. The Morgan fingerprint density at radius 3 is 1.38 bits per heavy atom. The van der Waals surface area contributed by atoms with Crippen LogP contribution in [0.3, 0.4) is 0 Å². The van der Waals surface area contributed by atoms with Gasteiger partial charge in [-0.05, 0) is 32.2 Å². The summed E-state index contributed by atoms with van der Waals surface area (Å²) in [6, 6.07) is 0. The number of carbonyl (C=O) groups excluding carboxylic acids is 1. The van der Waals surface area contributed by atoms with Crippen molar-refractivity contribution in [1.82, 2.24) is 5.32 Å². The van der Waals surface area contributed by atoms with Crippen molar-refractivity contribution in [2.75, 3.05) is 13.1 Å². The highest BCUT2D eigenvalue weighted by molar-refractivity contribution is 5.75. The average Bonchev–Trinajstić information content (AvgIpc) is 2.70. The summed E-state index contributed by atoms with van der Waals surface area (Å²) in [6.45, 7) is 1.64. The van der Waals surface area contributed by atoms with Gasteiger partial charge in [0.15, 0.2) is 0 Å². The summed E-state index contributed by atoms with van der Waals surface area (Å²) in [4.78, 5) is 22.2. The van der Waals surface area contributed by atoms with Gasteiger partial charge in [0.2, 0.25) is 5.91 Å². The molecule has 0 spiro atoms. The van der Waals surface area contributed by atoms with Gasteiger partial charge in [-0.2, -0.15) is 0 Å². The van der Waals surface area contributed by atoms with Crippen molar-refractivity contribution in [3.63, 3.8) is 0 Å². The van der Waals surface area contributed by atoms with Crippen molar-refractivity contribution in [2.24, 2.45) is 5.73 Å². The molecule has 0 aliphatic rings. The minimum absolute atomic E-state index is 0.216. The van der Waals surface area contributed by atoms with Gasteiger partial charge in [-0.3, -0.25) is 9.59 Å². The Kier molecular flexibility index (Phi) is 22.3. The fourth-order valence-corrected chi connectivity index (χ4v) is 3.62. The largest absolute Gasteiger partial charge is 0.481 e. The van der Waals surface area contributed by atoms with E-state index >= 15 is 0 Å². The lowest BCUT2D eigenvalue weighted by molar-refractivity contribution is -0.137. The Morgan fingerprint density at radius 2 is 0.931 bits per heavy atom. The maximum absolute atomic E-state index is 11.8. The Bertz CT molecular complexity index is 375. The van der Waals surface area contributed by atoms with Crippen LogP contribution in [0.2, 0.25) is 0 Å². The lowest BCUT2D eigenvalue weighted by Gasteiger charge is -2.06. The molecule has 0 aliphatic carbocycles. The number of unbranched alkanes of at least 4 members (excludes halogenated alkanes) is 16. The van der Waals surface area contributed by atoms with E-state index in [9.17, 15) is 9.59 Å². The molecule has 0 saturated heterocycles. The molecule has 4 N–H and O–H groups in total. The fraction of sp³-hybridized carbons (Fsp3) is 0.917. The van der Waals surface area contributed by atoms with Crippen LogP contribution in [0.4, 0.5) is 0 Å².